The van der Waals surface area contributed by atoms with Gasteiger partial charge in [0, 0.05) is 4.83 Å². The molecule has 0 aliphatic rings. The molecule has 0 saturated heterocycles. The zero-order valence-corrected chi connectivity index (χ0v) is 9.23. The maximum Gasteiger partial charge on any atom is 0.0183 e. The lowest BCUT2D eigenvalue weighted by Crippen LogP contribution is -2.23. The highest BCUT2D eigenvalue weighted by Crippen LogP contribution is 2.20. The molecule has 0 aromatic heterocycles. The Morgan fingerprint density at radius 2 is 2.00 bits per heavy atom. The molecule has 0 fully saturated rings. The minimum atomic E-state index is 0.624. The smallest absolute Gasteiger partial charge is 0.0183 e. The van der Waals surface area contributed by atoms with Gasteiger partial charge in [-0.25, -0.2) is 0 Å². The molecule has 0 heterocycles. The number of hydrogen-bond acceptors (Lipinski definition) is 1. The van der Waals surface area contributed by atoms with Gasteiger partial charge in [-0.15, -0.1) is 0 Å². The van der Waals surface area contributed by atoms with Gasteiger partial charge in [0.25, 0.3) is 0 Å². The summed E-state index contributed by atoms with van der Waals surface area (Å²) in [6.07, 6.45) is 5.05. The number of unbranched alkanes of at least 4 members (excludes halogenated alkanes) is 1. The number of alkyl halides is 1. The molecule has 0 aromatic carbocycles. The molecular weight excluding hydrogens is 202 g/mol. The van der Waals surface area contributed by atoms with Crippen LogP contribution < -0.4 is 5.73 Å². The van der Waals surface area contributed by atoms with Gasteiger partial charge in [0.15, 0.2) is 0 Å². The summed E-state index contributed by atoms with van der Waals surface area (Å²) in [5, 5.41) is 0. The van der Waals surface area contributed by atoms with Crippen LogP contribution in [0.1, 0.15) is 39.5 Å². The van der Waals surface area contributed by atoms with Gasteiger partial charge in [-0.3, -0.25) is 0 Å². The number of hydrogen-bond donors (Lipinski definition) is 1. The molecule has 2 atom stereocenters. The molecule has 0 amide bonds. The van der Waals surface area contributed by atoms with Gasteiger partial charge in [-0.2, -0.15) is 0 Å². The van der Waals surface area contributed by atoms with Crippen LogP contribution in [0.25, 0.3) is 0 Å². The Labute approximate surface area is 78.9 Å². The molecule has 0 saturated carbocycles. The van der Waals surface area contributed by atoms with E-state index in [4.69, 9.17) is 5.73 Å². The average Bonchev–Trinajstić information content (AvgIpc) is 2.05. The average molecular weight is 222 g/mol. The fourth-order valence-corrected chi connectivity index (χ4v) is 1.73. The molecule has 2 N–H and O–H groups in total. The van der Waals surface area contributed by atoms with Gasteiger partial charge in [0.1, 0.15) is 0 Å². The molecule has 11 heavy (non-hydrogen) atoms. The van der Waals surface area contributed by atoms with Crippen LogP contribution >= 0.6 is 15.9 Å². The van der Waals surface area contributed by atoms with E-state index in [0.717, 1.165) is 6.54 Å². The summed E-state index contributed by atoms with van der Waals surface area (Å²) in [5.74, 6) is 0.681. The molecule has 2 unspecified atom stereocenters. The second kappa shape index (κ2) is 7.11. The van der Waals surface area contributed by atoms with Crippen LogP contribution in [-0.4, -0.2) is 11.4 Å². The van der Waals surface area contributed by atoms with E-state index >= 15 is 0 Å². The third-order valence-corrected chi connectivity index (χ3v) is 3.53. The van der Waals surface area contributed by atoms with Crippen molar-refractivity contribution >= 4 is 15.9 Å². The van der Waals surface area contributed by atoms with Gasteiger partial charge in [-0.1, -0.05) is 42.6 Å². The summed E-state index contributed by atoms with van der Waals surface area (Å²) >= 11 is 3.65. The van der Waals surface area contributed by atoms with E-state index in [0.29, 0.717) is 10.7 Å². The monoisotopic (exact) mass is 221 g/mol. The molecule has 0 bridgehead atoms. The first kappa shape index (κ1) is 11.4. The summed E-state index contributed by atoms with van der Waals surface area (Å²) in [6.45, 7) is 5.25. The predicted octanol–water partition coefficient (Wildman–Crippen LogP) is 2.93. The molecule has 0 aliphatic carbocycles. The lowest BCUT2D eigenvalue weighted by Gasteiger charge is -2.18. The third-order valence-electron chi connectivity index (χ3n) is 2.13. The van der Waals surface area contributed by atoms with Gasteiger partial charge in [0.2, 0.25) is 0 Å². The predicted molar refractivity (Wildman–Crippen MR) is 55.1 cm³/mol. The summed E-state index contributed by atoms with van der Waals surface area (Å²) in [6, 6.07) is 0. The van der Waals surface area contributed by atoms with E-state index in [1.807, 2.05) is 0 Å². The Kier molecular flexibility index (Phi) is 7.39. The molecule has 0 radical (unpaired) electrons. The fourth-order valence-electron chi connectivity index (χ4n) is 1.25. The maximum absolute atomic E-state index is 5.66. The van der Waals surface area contributed by atoms with Crippen LogP contribution in [0.15, 0.2) is 0 Å². The second-order valence-electron chi connectivity index (χ2n) is 3.06. The van der Waals surface area contributed by atoms with Crippen molar-refractivity contribution in [2.45, 2.75) is 44.4 Å². The highest BCUT2D eigenvalue weighted by molar-refractivity contribution is 9.09. The Morgan fingerprint density at radius 1 is 1.36 bits per heavy atom. The van der Waals surface area contributed by atoms with E-state index in [-0.39, 0.29) is 0 Å². The first-order chi connectivity index (χ1) is 5.26. The van der Waals surface area contributed by atoms with Gasteiger partial charge in [-0.05, 0) is 25.3 Å². The Balaban J connectivity index is 3.56. The first-order valence-corrected chi connectivity index (χ1v) is 5.51. The minimum Gasteiger partial charge on any atom is -0.330 e. The molecule has 0 spiro atoms. The van der Waals surface area contributed by atoms with Crippen LogP contribution in [0.5, 0.6) is 0 Å². The number of nitrogens with two attached hydrogens (primary N) is 1. The summed E-state index contributed by atoms with van der Waals surface area (Å²) in [7, 11) is 0. The number of halogens is 1. The van der Waals surface area contributed by atoms with Crippen molar-refractivity contribution < 1.29 is 0 Å². The Hall–Kier alpha value is 0.440. The van der Waals surface area contributed by atoms with Crippen molar-refractivity contribution in [1.29, 1.82) is 0 Å². The summed E-state index contributed by atoms with van der Waals surface area (Å²) in [4.78, 5) is 0.624. The minimum absolute atomic E-state index is 0.624. The standard InChI is InChI=1S/C9H20BrN/c1-3-5-6-8(7-11)9(10)4-2/h8-9H,3-7,11H2,1-2H3. The van der Waals surface area contributed by atoms with Gasteiger partial charge >= 0.3 is 0 Å². The SMILES string of the molecule is CCCCC(CN)C(Br)CC. The van der Waals surface area contributed by atoms with E-state index in [1.165, 1.54) is 25.7 Å². The molecule has 0 aliphatic heterocycles. The van der Waals surface area contributed by atoms with Crippen LogP contribution in [0, 0.1) is 5.92 Å². The van der Waals surface area contributed by atoms with Crippen LogP contribution in [-0.2, 0) is 0 Å². The van der Waals surface area contributed by atoms with Crippen molar-refractivity contribution in [3.8, 4) is 0 Å². The zero-order chi connectivity index (χ0) is 8.69. The Morgan fingerprint density at radius 3 is 2.36 bits per heavy atom. The molecule has 2 heteroatoms. The third kappa shape index (κ3) is 4.81. The lowest BCUT2D eigenvalue weighted by atomic mass is 9.97. The van der Waals surface area contributed by atoms with Gasteiger partial charge < -0.3 is 5.73 Å². The van der Waals surface area contributed by atoms with Crippen molar-refractivity contribution in [3.05, 3.63) is 0 Å². The zero-order valence-electron chi connectivity index (χ0n) is 7.65. The second-order valence-corrected chi connectivity index (χ2v) is 4.24. The largest absolute Gasteiger partial charge is 0.330 e. The topological polar surface area (TPSA) is 26.0 Å². The van der Waals surface area contributed by atoms with Crippen LogP contribution in [0.2, 0.25) is 0 Å². The summed E-state index contributed by atoms with van der Waals surface area (Å²) < 4.78 is 0. The highest BCUT2D eigenvalue weighted by Gasteiger charge is 2.14. The normalized spacial score (nSPS) is 16.4. The molecule has 68 valence electrons. The van der Waals surface area contributed by atoms with Crippen LogP contribution in [0.4, 0.5) is 0 Å². The van der Waals surface area contributed by atoms with E-state index in [2.05, 4.69) is 29.8 Å². The first-order valence-electron chi connectivity index (χ1n) is 4.60. The molecule has 0 aromatic rings. The highest BCUT2D eigenvalue weighted by atomic mass is 79.9. The lowest BCUT2D eigenvalue weighted by molar-refractivity contribution is 0.455. The molecular formula is C9H20BrN. The van der Waals surface area contributed by atoms with Crippen molar-refractivity contribution in [3.63, 3.8) is 0 Å². The fraction of sp³-hybridized carbons (Fsp3) is 1.00. The summed E-state index contributed by atoms with van der Waals surface area (Å²) in [5.41, 5.74) is 5.66. The van der Waals surface area contributed by atoms with E-state index < -0.39 is 0 Å². The molecule has 0 rings (SSSR count). The molecule has 1 nitrogen and oxygen atoms in total. The van der Waals surface area contributed by atoms with Crippen molar-refractivity contribution in [1.82, 2.24) is 0 Å². The van der Waals surface area contributed by atoms with Gasteiger partial charge in [0.05, 0.1) is 0 Å². The van der Waals surface area contributed by atoms with E-state index in [1.54, 1.807) is 0 Å². The Bertz CT molecular complexity index is 85.6. The number of rotatable bonds is 6. The quantitative estimate of drug-likeness (QED) is 0.687. The van der Waals surface area contributed by atoms with E-state index in [9.17, 15) is 0 Å². The van der Waals surface area contributed by atoms with Crippen molar-refractivity contribution in [2.75, 3.05) is 6.54 Å². The maximum atomic E-state index is 5.66. The van der Waals surface area contributed by atoms with Crippen LogP contribution in [0.3, 0.4) is 0 Å². The van der Waals surface area contributed by atoms with Crippen molar-refractivity contribution in [2.24, 2.45) is 11.7 Å².